The Labute approximate surface area is 125 Å². The SMILES string of the molecule is Cc1cc(N2CCC(N)CC2)nc(Nc2ccccc2)n1. The van der Waals surface area contributed by atoms with Crippen molar-refractivity contribution < 1.29 is 0 Å². The third-order valence-corrected chi connectivity index (χ3v) is 3.73. The van der Waals surface area contributed by atoms with Crippen LogP contribution in [-0.4, -0.2) is 29.1 Å². The number of anilines is 3. The van der Waals surface area contributed by atoms with Gasteiger partial charge in [-0.3, -0.25) is 0 Å². The largest absolute Gasteiger partial charge is 0.356 e. The lowest BCUT2D eigenvalue weighted by Crippen LogP contribution is -2.40. The average molecular weight is 283 g/mol. The van der Waals surface area contributed by atoms with E-state index in [4.69, 9.17) is 5.73 Å². The Bertz CT molecular complexity index is 591. The predicted octanol–water partition coefficient (Wildman–Crippen LogP) is 2.46. The van der Waals surface area contributed by atoms with Crippen molar-refractivity contribution in [3.05, 3.63) is 42.1 Å². The van der Waals surface area contributed by atoms with Gasteiger partial charge in [0.15, 0.2) is 0 Å². The number of rotatable bonds is 3. The molecule has 0 unspecified atom stereocenters. The molecule has 5 nitrogen and oxygen atoms in total. The molecular formula is C16H21N5. The van der Waals surface area contributed by atoms with Crippen LogP contribution in [0.1, 0.15) is 18.5 Å². The number of benzene rings is 1. The van der Waals surface area contributed by atoms with Gasteiger partial charge in [0.1, 0.15) is 5.82 Å². The van der Waals surface area contributed by atoms with Crippen LogP contribution in [0.5, 0.6) is 0 Å². The fourth-order valence-corrected chi connectivity index (χ4v) is 2.55. The molecule has 21 heavy (non-hydrogen) atoms. The minimum absolute atomic E-state index is 0.325. The predicted molar refractivity (Wildman–Crippen MR) is 85.9 cm³/mol. The molecule has 1 aromatic carbocycles. The van der Waals surface area contributed by atoms with Crippen LogP contribution in [0, 0.1) is 6.92 Å². The lowest BCUT2D eigenvalue weighted by atomic mass is 10.1. The minimum atomic E-state index is 0.325. The first kappa shape index (κ1) is 13.8. The Morgan fingerprint density at radius 3 is 2.57 bits per heavy atom. The number of aromatic nitrogens is 2. The first-order chi connectivity index (χ1) is 10.2. The van der Waals surface area contributed by atoms with E-state index in [0.717, 1.165) is 43.1 Å². The summed E-state index contributed by atoms with van der Waals surface area (Å²) < 4.78 is 0. The molecule has 0 amide bonds. The summed E-state index contributed by atoms with van der Waals surface area (Å²) in [5.74, 6) is 1.62. The maximum atomic E-state index is 5.97. The summed E-state index contributed by atoms with van der Waals surface area (Å²) in [6.07, 6.45) is 2.04. The normalized spacial score (nSPS) is 16.0. The highest BCUT2D eigenvalue weighted by Crippen LogP contribution is 2.21. The van der Waals surface area contributed by atoms with E-state index in [1.54, 1.807) is 0 Å². The van der Waals surface area contributed by atoms with Crippen LogP contribution in [0.15, 0.2) is 36.4 Å². The minimum Gasteiger partial charge on any atom is -0.356 e. The van der Waals surface area contributed by atoms with Crippen molar-refractivity contribution in [3.63, 3.8) is 0 Å². The number of aryl methyl sites for hydroxylation is 1. The molecule has 1 saturated heterocycles. The summed E-state index contributed by atoms with van der Waals surface area (Å²) in [5.41, 5.74) is 7.93. The van der Waals surface area contributed by atoms with Crippen molar-refractivity contribution in [1.29, 1.82) is 0 Å². The Kier molecular flexibility index (Phi) is 4.01. The van der Waals surface area contributed by atoms with E-state index in [0.29, 0.717) is 12.0 Å². The highest BCUT2D eigenvalue weighted by molar-refractivity contribution is 5.55. The smallest absolute Gasteiger partial charge is 0.229 e. The summed E-state index contributed by atoms with van der Waals surface area (Å²) >= 11 is 0. The number of nitrogens with one attached hydrogen (secondary N) is 1. The second-order valence-corrected chi connectivity index (χ2v) is 5.51. The molecule has 0 bridgehead atoms. The average Bonchev–Trinajstić information content (AvgIpc) is 2.48. The summed E-state index contributed by atoms with van der Waals surface area (Å²) in [7, 11) is 0. The number of nitrogens with two attached hydrogens (primary N) is 1. The van der Waals surface area contributed by atoms with Crippen molar-refractivity contribution in [1.82, 2.24) is 9.97 Å². The van der Waals surface area contributed by atoms with Crippen LogP contribution < -0.4 is 16.0 Å². The quantitative estimate of drug-likeness (QED) is 0.905. The third-order valence-electron chi connectivity index (χ3n) is 3.73. The van der Waals surface area contributed by atoms with Crippen molar-refractivity contribution in [3.8, 4) is 0 Å². The van der Waals surface area contributed by atoms with Gasteiger partial charge in [-0.1, -0.05) is 18.2 Å². The highest BCUT2D eigenvalue weighted by Gasteiger charge is 2.18. The van der Waals surface area contributed by atoms with Crippen molar-refractivity contribution in [2.24, 2.45) is 5.73 Å². The molecular weight excluding hydrogens is 262 g/mol. The Hall–Kier alpha value is -2.14. The summed E-state index contributed by atoms with van der Waals surface area (Å²) in [6, 6.07) is 12.3. The van der Waals surface area contributed by atoms with Crippen LogP contribution in [0.3, 0.4) is 0 Å². The Morgan fingerprint density at radius 1 is 1.14 bits per heavy atom. The number of nitrogens with zero attached hydrogens (tertiary/aromatic N) is 3. The van der Waals surface area contributed by atoms with Gasteiger partial charge < -0.3 is 16.0 Å². The molecule has 5 heteroatoms. The summed E-state index contributed by atoms with van der Waals surface area (Å²) in [5, 5.41) is 3.26. The van der Waals surface area contributed by atoms with Gasteiger partial charge in [-0.15, -0.1) is 0 Å². The second-order valence-electron chi connectivity index (χ2n) is 5.51. The van der Waals surface area contributed by atoms with Gasteiger partial charge in [-0.25, -0.2) is 4.98 Å². The zero-order valence-electron chi connectivity index (χ0n) is 12.3. The maximum Gasteiger partial charge on any atom is 0.229 e. The number of para-hydroxylation sites is 1. The van der Waals surface area contributed by atoms with Gasteiger partial charge in [-0.05, 0) is 31.9 Å². The molecule has 3 N–H and O–H groups in total. The van der Waals surface area contributed by atoms with E-state index in [2.05, 4.69) is 20.2 Å². The van der Waals surface area contributed by atoms with Crippen LogP contribution >= 0.6 is 0 Å². The first-order valence-electron chi connectivity index (χ1n) is 7.39. The molecule has 2 heterocycles. The molecule has 1 fully saturated rings. The highest BCUT2D eigenvalue weighted by atomic mass is 15.2. The second kappa shape index (κ2) is 6.10. The zero-order valence-corrected chi connectivity index (χ0v) is 12.3. The van der Waals surface area contributed by atoms with Crippen LogP contribution in [-0.2, 0) is 0 Å². The van der Waals surface area contributed by atoms with E-state index < -0.39 is 0 Å². The van der Waals surface area contributed by atoms with Crippen molar-refractivity contribution in [2.75, 3.05) is 23.3 Å². The van der Waals surface area contributed by atoms with Crippen molar-refractivity contribution in [2.45, 2.75) is 25.8 Å². The molecule has 1 aliphatic rings. The van der Waals surface area contributed by atoms with Crippen LogP contribution in [0.2, 0.25) is 0 Å². The maximum absolute atomic E-state index is 5.97. The number of hydrogen-bond donors (Lipinski definition) is 2. The van der Waals surface area contributed by atoms with E-state index in [9.17, 15) is 0 Å². The molecule has 0 atom stereocenters. The molecule has 1 aliphatic heterocycles. The molecule has 0 spiro atoms. The number of hydrogen-bond acceptors (Lipinski definition) is 5. The van der Waals surface area contributed by atoms with Gasteiger partial charge >= 0.3 is 0 Å². The standard InChI is InChI=1S/C16H21N5/c1-12-11-15(21-9-7-13(17)8-10-21)20-16(18-12)19-14-5-3-2-4-6-14/h2-6,11,13H,7-10,17H2,1H3,(H,18,19,20). The number of piperidine rings is 1. The molecule has 0 aliphatic carbocycles. The summed E-state index contributed by atoms with van der Waals surface area (Å²) in [6.45, 7) is 3.92. The van der Waals surface area contributed by atoms with Gasteiger partial charge in [0.2, 0.25) is 5.95 Å². The van der Waals surface area contributed by atoms with Gasteiger partial charge in [0.05, 0.1) is 0 Å². The monoisotopic (exact) mass is 283 g/mol. The summed E-state index contributed by atoms with van der Waals surface area (Å²) in [4.78, 5) is 11.4. The molecule has 0 saturated carbocycles. The van der Waals surface area contributed by atoms with E-state index in [1.165, 1.54) is 0 Å². The molecule has 0 radical (unpaired) electrons. The Morgan fingerprint density at radius 2 is 1.86 bits per heavy atom. The molecule has 110 valence electrons. The Balaban J connectivity index is 1.79. The molecule has 1 aromatic heterocycles. The lowest BCUT2D eigenvalue weighted by Gasteiger charge is -2.31. The third kappa shape index (κ3) is 3.49. The van der Waals surface area contributed by atoms with E-state index in [1.807, 2.05) is 43.3 Å². The van der Waals surface area contributed by atoms with Gasteiger partial charge in [0, 0.05) is 36.6 Å². The fraction of sp³-hybridized carbons (Fsp3) is 0.375. The molecule has 3 rings (SSSR count). The van der Waals surface area contributed by atoms with Crippen molar-refractivity contribution >= 4 is 17.5 Å². The van der Waals surface area contributed by atoms with Gasteiger partial charge in [0.25, 0.3) is 0 Å². The lowest BCUT2D eigenvalue weighted by molar-refractivity contribution is 0.498. The fourth-order valence-electron chi connectivity index (χ4n) is 2.55. The van der Waals surface area contributed by atoms with Gasteiger partial charge in [-0.2, -0.15) is 4.98 Å². The zero-order chi connectivity index (χ0) is 14.7. The molecule has 2 aromatic rings. The van der Waals surface area contributed by atoms with Crippen LogP contribution in [0.25, 0.3) is 0 Å². The van der Waals surface area contributed by atoms with Crippen LogP contribution in [0.4, 0.5) is 17.5 Å². The topological polar surface area (TPSA) is 67.1 Å². The van der Waals surface area contributed by atoms with E-state index in [-0.39, 0.29) is 0 Å². The first-order valence-corrected chi connectivity index (χ1v) is 7.39. The van der Waals surface area contributed by atoms with E-state index >= 15 is 0 Å².